The highest BCUT2D eigenvalue weighted by Crippen LogP contribution is 2.39. The van der Waals surface area contributed by atoms with Crippen LogP contribution in [-0.4, -0.2) is 39.1 Å². The number of anilines is 3. The Balaban J connectivity index is 0.000000236. The fourth-order valence-corrected chi connectivity index (χ4v) is 5.06. The first-order valence-electron chi connectivity index (χ1n) is 12.9. The van der Waals surface area contributed by atoms with Gasteiger partial charge >= 0.3 is 0 Å². The van der Waals surface area contributed by atoms with Crippen molar-refractivity contribution in [1.82, 2.24) is 19.7 Å². The van der Waals surface area contributed by atoms with Crippen molar-refractivity contribution < 1.29 is 24.2 Å². The second-order valence-corrected chi connectivity index (χ2v) is 12.0. The fourth-order valence-electron chi connectivity index (χ4n) is 3.74. The molecule has 0 spiro atoms. The quantitative estimate of drug-likeness (QED) is 0.105. The largest absolute Gasteiger partial charge is 0.496 e. The van der Waals surface area contributed by atoms with Gasteiger partial charge < -0.3 is 41.4 Å². The standard InChI is InChI=1S/C14H17IN4O3.C14H17IN4O2/c1-7(2)8-4-11(21-3)9(15)5-10(8)22-12-6-19(20)14(17)18-13(12)16;1-7(2)8-4-11(20-3)9(15)5-10(8)21-12-6-18-14(17)19-13(12)16/h4-7,20H,1-3H3,(H3,16,17,18);4-7H,1-3H3,(H4,16,17,18,19). The maximum atomic E-state index is 9.53. The lowest BCUT2D eigenvalue weighted by molar-refractivity contribution is 0.162. The molecular formula is C28H34I2N8O5. The van der Waals surface area contributed by atoms with E-state index in [2.05, 4.69) is 74.0 Å². The lowest BCUT2D eigenvalue weighted by atomic mass is 10.0. The Kier molecular flexibility index (Phi) is 11.5. The van der Waals surface area contributed by atoms with Crippen molar-refractivity contribution in [1.29, 1.82) is 5.41 Å². The molecule has 0 bridgehead atoms. The van der Waals surface area contributed by atoms with Gasteiger partial charge in [0.25, 0.3) is 5.62 Å². The van der Waals surface area contributed by atoms with Crippen molar-refractivity contribution in [2.75, 3.05) is 31.4 Å². The minimum Gasteiger partial charge on any atom is -0.496 e. The number of hydrogen-bond donors (Lipinski definition) is 5. The average molecular weight is 816 g/mol. The predicted molar refractivity (Wildman–Crippen MR) is 180 cm³/mol. The number of nitrogens with two attached hydrogens (primary N) is 3. The number of nitrogen functional groups attached to an aromatic ring is 3. The van der Waals surface area contributed by atoms with Gasteiger partial charge in [-0.05, 0) is 81.3 Å². The van der Waals surface area contributed by atoms with Crippen molar-refractivity contribution in [3.8, 4) is 34.5 Å². The molecule has 0 amide bonds. The molecule has 0 radical (unpaired) electrons. The van der Waals surface area contributed by atoms with Crippen LogP contribution < -0.4 is 41.8 Å². The van der Waals surface area contributed by atoms with Gasteiger partial charge in [-0.1, -0.05) is 27.7 Å². The van der Waals surface area contributed by atoms with E-state index in [-0.39, 0.29) is 40.8 Å². The molecule has 0 aliphatic carbocycles. The smallest absolute Gasteiger partial charge is 0.257 e. The zero-order chi connectivity index (χ0) is 32.0. The molecule has 0 saturated carbocycles. The number of aromatic nitrogens is 4. The number of halogens is 2. The van der Waals surface area contributed by atoms with Gasteiger partial charge in [0.2, 0.25) is 5.95 Å². The van der Waals surface area contributed by atoms with Crippen LogP contribution in [0.4, 0.5) is 17.6 Å². The van der Waals surface area contributed by atoms with E-state index in [1.165, 1.54) is 12.4 Å². The summed E-state index contributed by atoms with van der Waals surface area (Å²) < 4.78 is 24.7. The van der Waals surface area contributed by atoms with Gasteiger partial charge in [-0.3, -0.25) is 5.41 Å². The predicted octanol–water partition coefficient (Wildman–Crippen LogP) is 5.88. The molecule has 0 fully saturated rings. The molecule has 4 rings (SSSR count). The van der Waals surface area contributed by atoms with Crippen LogP contribution in [0.3, 0.4) is 0 Å². The van der Waals surface area contributed by atoms with Gasteiger partial charge in [-0.2, -0.15) is 14.7 Å². The number of benzene rings is 2. The maximum Gasteiger partial charge on any atom is 0.257 e. The fraction of sp³-hybridized carbons (Fsp3) is 0.286. The Hall–Kier alpha value is -3.74. The number of rotatable bonds is 8. The lowest BCUT2D eigenvalue weighted by Crippen LogP contribution is -2.22. The third-order valence-corrected chi connectivity index (χ3v) is 7.68. The van der Waals surface area contributed by atoms with E-state index in [4.69, 9.17) is 41.6 Å². The first-order chi connectivity index (χ1) is 20.2. The van der Waals surface area contributed by atoms with Gasteiger partial charge in [-0.15, -0.1) is 0 Å². The van der Waals surface area contributed by atoms with Crippen LogP contribution in [0.1, 0.15) is 50.7 Å². The van der Waals surface area contributed by atoms with Crippen LogP contribution in [0.2, 0.25) is 0 Å². The van der Waals surface area contributed by atoms with Gasteiger partial charge in [-0.25, -0.2) is 4.98 Å². The molecule has 43 heavy (non-hydrogen) atoms. The van der Waals surface area contributed by atoms with E-state index in [9.17, 15) is 5.21 Å². The summed E-state index contributed by atoms with van der Waals surface area (Å²) in [5.41, 5.74) is 18.6. The van der Waals surface area contributed by atoms with Gasteiger partial charge in [0, 0.05) is 11.1 Å². The first-order valence-corrected chi connectivity index (χ1v) is 15.0. The molecule has 0 atom stereocenters. The molecule has 13 nitrogen and oxygen atoms in total. The molecule has 0 aliphatic heterocycles. The van der Waals surface area contributed by atoms with Crippen LogP contribution in [0.25, 0.3) is 0 Å². The molecule has 2 aromatic carbocycles. The average Bonchev–Trinajstić information content (AvgIpc) is 2.93. The maximum absolute atomic E-state index is 9.53. The molecule has 0 unspecified atom stereocenters. The zero-order valence-electron chi connectivity index (χ0n) is 24.5. The Labute approximate surface area is 276 Å². The van der Waals surface area contributed by atoms with Crippen LogP contribution in [0, 0.1) is 12.5 Å². The summed E-state index contributed by atoms with van der Waals surface area (Å²) in [6.45, 7) is 8.24. The van der Waals surface area contributed by atoms with E-state index in [0.717, 1.165) is 29.8 Å². The van der Waals surface area contributed by atoms with E-state index in [1.54, 1.807) is 14.2 Å². The van der Waals surface area contributed by atoms with E-state index < -0.39 is 0 Å². The van der Waals surface area contributed by atoms with Gasteiger partial charge in [0.15, 0.2) is 23.1 Å². The molecule has 15 heteroatoms. The van der Waals surface area contributed by atoms with Crippen molar-refractivity contribution >= 4 is 62.8 Å². The third kappa shape index (κ3) is 8.43. The second kappa shape index (κ2) is 14.6. The van der Waals surface area contributed by atoms with Crippen molar-refractivity contribution in [3.63, 3.8) is 0 Å². The summed E-state index contributed by atoms with van der Waals surface area (Å²) in [6.07, 6.45) is 2.69. The van der Waals surface area contributed by atoms with E-state index in [0.29, 0.717) is 22.0 Å². The van der Waals surface area contributed by atoms with Crippen LogP contribution in [-0.2, 0) is 0 Å². The highest BCUT2D eigenvalue weighted by atomic mass is 127. The van der Waals surface area contributed by atoms with E-state index >= 15 is 0 Å². The van der Waals surface area contributed by atoms with Crippen LogP contribution in [0.15, 0.2) is 36.7 Å². The summed E-state index contributed by atoms with van der Waals surface area (Å²) in [5.74, 6) is 4.28. The second-order valence-electron chi connectivity index (χ2n) is 9.70. The highest BCUT2D eigenvalue weighted by molar-refractivity contribution is 14.1. The summed E-state index contributed by atoms with van der Waals surface area (Å²) in [7, 11) is 3.26. The summed E-state index contributed by atoms with van der Waals surface area (Å²) in [5, 5.41) is 16.9. The Morgan fingerprint density at radius 2 is 1.21 bits per heavy atom. The minimum absolute atomic E-state index is 0.0378. The molecule has 0 aliphatic rings. The minimum atomic E-state index is -0.363. The molecule has 0 saturated heterocycles. The van der Waals surface area contributed by atoms with E-state index in [1.807, 2.05) is 38.1 Å². The van der Waals surface area contributed by atoms with Gasteiger partial charge in [0.1, 0.15) is 23.0 Å². The Bertz CT molecular complexity index is 1660. The van der Waals surface area contributed by atoms with Crippen molar-refractivity contribution in [2.45, 2.75) is 39.5 Å². The van der Waals surface area contributed by atoms with Crippen molar-refractivity contribution in [2.24, 2.45) is 0 Å². The SMILES string of the molecule is COc1cc(C(C)C)c(Oc2cn(O)c(=N)nc2N)cc1I.COc1cc(C(C)C)c(Oc2cnc(N)nc2N)cc1I. The third-order valence-electron chi connectivity index (χ3n) is 5.99. The first kappa shape index (κ1) is 33.8. The molecular weight excluding hydrogens is 782 g/mol. The number of methoxy groups -OCH3 is 2. The Morgan fingerprint density at radius 3 is 1.65 bits per heavy atom. The number of nitrogens with zero attached hydrogens (tertiary/aromatic N) is 4. The monoisotopic (exact) mass is 816 g/mol. The van der Waals surface area contributed by atoms with Gasteiger partial charge in [0.05, 0.1) is 33.8 Å². The number of hydrogen-bond acceptors (Lipinski definition) is 12. The molecule has 8 N–H and O–H groups in total. The highest BCUT2D eigenvalue weighted by Gasteiger charge is 2.17. The summed E-state index contributed by atoms with van der Waals surface area (Å²) in [4.78, 5) is 11.5. The topological polar surface area (TPSA) is 203 Å². The summed E-state index contributed by atoms with van der Waals surface area (Å²) >= 11 is 4.35. The zero-order valence-corrected chi connectivity index (χ0v) is 28.8. The number of nitrogens with one attached hydrogen (secondary N) is 1. The molecule has 2 heterocycles. The summed E-state index contributed by atoms with van der Waals surface area (Å²) in [6, 6.07) is 7.63. The lowest BCUT2D eigenvalue weighted by Gasteiger charge is -2.17. The molecule has 2 aromatic heterocycles. The Morgan fingerprint density at radius 1 is 0.744 bits per heavy atom. The normalized spacial score (nSPS) is 10.7. The van der Waals surface area contributed by atoms with Crippen LogP contribution in [0.5, 0.6) is 34.5 Å². The van der Waals surface area contributed by atoms with Crippen LogP contribution >= 0.6 is 45.2 Å². The number of ether oxygens (including phenoxy) is 4. The van der Waals surface area contributed by atoms with Crippen molar-refractivity contribution in [3.05, 3.63) is 60.5 Å². The molecule has 230 valence electrons. The molecule has 4 aromatic rings.